The van der Waals surface area contributed by atoms with Crippen LogP contribution in [-0.2, 0) is 0 Å². The SMILES string of the molecule is Cc1ccc(-c2onc(N)c2-c2cccc(F)c2)s1. The molecule has 0 aliphatic heterocycles. The third-order valence-electron chi connectivity index (χ3n) is 2.80. The van der Waals surface area contributed by atoms with Crippen LogP contribution in [0.5, 0.6) is 0 Å². The summed E-state index contributed by atoms with van der Waals surface area (Å²) in [4.78, 5) is 2.09. The summed E-state index contributed by atoms with van der Waals surface area (Å²) in [5.41, 5.74) is 7.15. The number of nitrogen functional groups attached to an aromatic ring is 1. The van der Waals surface area contributed by atoms with Gasteiger partial charge in [0, 0.05) is 4.88 Å². The largest absolute Gasteiger partial charge is 0.380 e. The fourth-order valence-corrected chi connectivity index (χ4v) is 2.80. The van der Waals surface area contributed by atoms with Crippen molar-refractivity contribution in [2.45, 2.75) is 6.92 Å². The Bertz CT molecular complexity index is 733. The molecule has 3 aromatic rings. The van der Waals surface area contributed by atoms with Gasteiger partial charge in [0.1, 0.15) is 5.82 Å². The van der Waals surface area contributed by atoms with E-state index in [2.05, 4.69) is 5.16 Å². The van der Waals surface area contributed by atoms with E-state index in [1.165, 1.54) is 12.1 Å². The van der Waals surface area contributed by atoms with Crippen molar-refractivity contribution in [2.24, 2.45) is 0 Å². The second kappa shape index (κ2) is 4.51. The van der Waals surface area contributed by atoms with Gasteiger partial charge in [-0.3, -0.25) is 0 Å². The number of rotatable bonds is 2. The van der Waals surface area contributed by atoms with E-state index in [1.807, 2.05) is 19.1 Å². The molecule has 0 bridgehead atoms. The van der Waals surface area contributed by atoms with E-state index >= 15 is 0 Å². The maximum Gasteiger partial charge on any atom is 0.186 e. The average Bonchev–Trinajstić information content (AvgIpc) is 2.95. The predicted octanol–water partition coefficient (Wildman–Crippen LogP) is 4.10. The molecule has 3 rings (SSSR count). The molecular weight excluding hydrogens is 263 g/mol. The number of anilines is 1. The summed E-state index contributed by atoms with van der Waals surface area (Å²) in [7, 11) is 0. The summed E-state index contributed by atoms with van der Waals surface area (Å²) in [6, 6.07) is 10.2. The highest BCUT2D eigenvalue weighted by Gasteiger charge is 2.19. The number of nitrogens with two attached hydrogens (primary N) is 1. The number of hydrogen-bond donors (Lipinski definition) is 1. The molecule has 0 unspecified atom stereocenters. The molecule has 0 fully saturated rings. The van der Waals surface area contributed by atoms with Crippen LogP contribution in [-0.4, -0.2) is 5.16 Å². The molecule has 96 valence electrons. The third kappa shape index (κ3) is 2.13. The van der Waals surface area contributed by atoms with Crippen LogP contribution in [0.25, 0.3) is 21.8 Å². The normalized spacial score (nSPS) is 10.8. The van der Waals surface area contributed by atoms with Gasteiger partial charge in [0.2, 0.25) is 0 Å². The standard InChI is InChI=1S/C14H11FN2OS/c1-8-5-6-11(19-8)13-12(14(16)17-18-13)9-3-2-4-10(15)7-9/h2-7H,1H3,(H2,16,17). The van der Waals surface area contributed by atoms with Gasteiger partial charge in [-0.25, -0.2) is 4.39 Å². The summed E-state index contributed by atoms with van der Waals surface area (Å²) in [6.45, 7) is 2.01. The average molecular weight is 274 g/mol. The first-order valence-electron chi connectivity index (χ1n) is 5.73. The van der Waals surface area contributed by atoms with Crippen molar-refractivity contribution in [3.05, 3.63) is 47.1 Å². The van der Waals surface area contributed by atoms with Crippen LogP contribution < -0.4 is 5.73 Å². The maximum absolute atomic E-state index is 13.3. The summed E-state index contributed by atoms with van der Waals surface area (Å²) < 4.78 is 18.6. The highest BCUT2D eigenvalue weighted by atomic mass is 32.1. The Morgan fingerprint density at radius 1 is 1.26 bits per heavy atom. The lowest BCUT2D eigenvalue weighted by molar-refractivity contribution is 0.437. The highest BCUT2D eigenvalue weighted by Crippen LogP contribution is 2.39. The van der Waals surface area contributed by atoms with Crippen molar-refractivity contribution in [3.63, 3.8) is 0 Å². The number of aromatic nitrogens is 1. The van der Waals surface area contributed by atoms with Crippen molar-refractivity contribution < 1.29 is 8.91 Å². The van der Waals surface area contributed by atoms with Crippen LogP contribution in [0.15, 0.2) is 40.9 Å². The number of thiophene rings is 1. The minimum absolute atomic E-state index is 0.270. The first kappa shape index (κ1) is 11.9. The molecule has 0 atom stereocenters. The number of halogens is 1. The maximum atomic E-state index is 13.3. The lowest BCUT2D eigenvalue weighted by atomic mass is 10.1. The number of nitrogens with zero attached hydrogens (tertiary/aromatic N) is 1. The van der Waals surface area contributed by atoms with Gasteiger partial charge < -0.3 is 10.3 Å². The first-order valence-corrected chi connectivity index (χ1v) is 6.54. The number of benzene rings is 1. The van der Waals surface area contributed by atoms with Gasteiger partial charge in [0.05, 0.1) is 10.4 Å². The molecule has 0 aliphatic carbocycles. The van der Waals surface area contributed by atoms with E-state index in [-0.39, 0.29) is 11.6 Å². The molecule has 0 spiro atoms. The van der Waals surface area contributed by atoms with Crippen molar-refractivity contribution in [1.82, 2.24) is 5.16 Å². The third-order valence-corrected chi connectivity index (χ3v) is 3.80. The molecular formula is C14H11FN2OS. The topological polar surface area (TPSA) is 52.0 Å². The molecule has 0 radical (unpaired) electrons. The van der Waals surface area contributed by atoms with Gasteiger partial charge in [-0.15, -0.1) is 11.3 Å². The summed E-state index contributed by atoms with van der Waals surface area (Å²) in [6.07, 6.45) is 0. The van der Waals surface area contributed by atoms with E-state index < -0.39 is 0 Å². The fourth-order valence-electron chi connectivity index (χ4n) is 1.95. The van der Waals surface area contributed by atoms with Crippen LogP contribution >= 0.6 is 11.3 Å². The monoisotopic (exact) mass is 274 g/mol. The Labute approximate surface area is 113 Å². The second-order valence-electron chi connectivity index (χ2n) is 4.19. The Kier molecular flexibility index (Phi) is 2.83. The van der Waals surface area contributed by atoms with Crippen molar-refractivity contribution >= 4 is 17.2 Å². The van der Waals surface area contributed by atoms with Crippen molar-refractivity contribution in [1.29, 1.82) is 0 Å². The number of aryl methyl sites for hydroxylation is 1. The first-order chi connectivity index (χ1) is 9.15. The van der Waals surface area contributed by atoms with E-state index in [1.54, 1.807) is 23.5 Å². The van der Waals surface area contributed by atoms with Crippen LogP contribution in [0.2, 0.25) is 0 Å². The molecule has 2 N–H and O–H groups in total. The zero-order chi connectivity index (χ0) is 13.4. The van der Waals surface area contributed by atoms with Crippen molar-refractivity contribution in [3.8, 4) is 21.8 Å². The summed E-state index contributed by atoms with van der Waals surface area (Å²) >= 11 is 1.58. The van der Waals surface area contributed by atoms with Gasteiger partial charge in [-0.05, 0) is 36.8 Å². The van der Waals surface area contributed by atoms with Crippen LogP contribution in [0.1, 0.15) is 4.88 Å². The van der Waals surface area contributed by atoms with Crippen LogP contribution in [0.4, 0.5) is 10.2 Å². The Morgan fingerprint density at radius 2 is 2.11 bits per heavy atom. The number of hydrogen-bond acceptors (Lipinski definition) is 4. The Morgan fingerprint density at radius 3 is 2.79 bits per heavy atom. The molecule has 2 heterocycles. The van der Waals surface area contributed by atoms with E-state index in [9.17, 15) is 4.39 Å². The fraction of sp³-hybridized carbons (Fsp3) is 0.0714. The van der Waals surface area contributed by atoms with E-state index in [0.29, 0.717) is 16.9 Å². The van der Waals surface area contributed by atoms with Gasteiger partial charge in [0.25, 0.3) is 0 Å². The molecule has 0 amide bonds. The zero-order valence-electron chi connectivity index (χ0n) is 10.2. The zero-order valence-corrected chi connectivity index (χ0v) is 11.0. The molecule has 0 aliphatic rings. The van der Waals surface area contributed by atoms with Crippen LogP contribution in [0, 0.1) is 12.7 Å². The Balaban J connectivity index is 2.19. The van der Waals surface area contributed by atoms with E-state index in [4.69, 9.17) is 10.3 Å². The van der Waals surface area contributed by atoms with Crippen LogP contribution in [0.3, 0.4) is 0 Å². The smallest absolute Gasteiger partial charge is 0.186 e. The predicted molar refractivity (Wildman–Crippen MR) is 74.4 cm³/mol. The lowest BCUT2D eigenvalue weighted by Gasteiger charge is -2.01. The van der Waals surface area contributed by atoms with Crippen molar-refractivity contribution in [2.75, 3.05) is 5.73 Å². The minimum atomic E-state index is -0.314. The second-order valence-corrected chi connectivity index (χ2v) is 5.48. The molecule has 3 nitrogen and oxygen atoms in total. The molecule has 2 aromatic heterocycles. The quantitative estimate of drug-likeness (QED) is 0.765. The lowest BCUT2D eigenvalue weighted by Crippen LogP contribution is -1.89. The molecule has 19 heavy (non-hydrogen) atoms. The molecule has 1 aromatic carbocycles. The highest BCUT2D eigenvalue weighted by molar-refractivity contribution is 7.15. The van der Waals surface area contributed by atoms with E-state index in [0.717, 1.165) is 9.75 Å². The summed E-state index contributed by atoms with van der Waals surface area (Å²) in [5.74, 6) is 0.541. The van der Waals surface area contributed by atoms with Gasteiger partial charge in [-0.2, -0.15) is 0 Å². The van der Waals surface area contributed by atoms with Gasteiger partial charge in [-0.1, -0.05) is 17.3 Å². The van der Waals surface area contributed by atoms with Gasteiger partial charge in [0.15, 0.2) is 11.6 Å². The molecule has 0 saturated heterocycles. The summed E-state index contributed by atoms with van der Waals surface area (Å²) in [5, 5.41) is 3.80. The molecule has 5 heteroatoms. The van der Waals surface area contributed by atoms with Gasteiger partial charge >= 0.3 is 0 Å². The Hall–Kier alpha value is -2.14. The minimum Gasteiger partial charge on any atom is -0.380 e. The molecule has 0 saturated carbocycles.